The summed E-state index contributed by atoms with van der Waals surface area (Å²) >= 11 is 0. The number of alkyl halides is 3. The van der Waals surface area contributed by atoms with E-state index in [1.54, 1.807) is 6.92 Å². The summed E-state index contributed by atoms with van der Waals surface area (Å²) in [5, 5.41) is 2.18. The summed E-state index contributed by atoms with van der Waals surface area (Å²) in [6.07, 6.45) is -3.96. The number of carbonyl (C=O) groups excluding carboxylic acids is 3. The van der Waals surface area contributed by atoms with Crippen molar-refractivity contribution in [2.24, 2.45) is 22.7 Å². The lowest BCUT2D eigenvalue weighted by Gasteiger charge is -2.46. The highest BCUT2D eigenvalue weighted by Gasteiger charge is 2.66. The van der Waals surface area contributed by atoms with E-state index in [2.05, 4.69) is 5.32 Å². The average Bonchev–Trinajstić information content (AvgIpc) is 2.72. The third kappa shape index (κ3) is 2.76. The largest absolute Gasteiger partial charge is 0.419 e. The van der Waals surface area contributed by atoms with Crippen LogP contribution in [0.1, 0.15) is 39.2 Å². The van der Waals surface area contributed by atoms with Crippen molar-refractivity contribution in [3.05, 3.63) is 29.6 Å². The third-order valence-electron chi connectivity index (χ3n) is 6.46. The van der Waals surface area contributed by atoms with Gasteiger partial charge in [-0.25, -0.2) is 4.39 Å². The van der Waals surface area contributed by atoms with E-state index in [4.69, 9.17) is 0 Å². The Kier molecular flexibility index (Phi) is 4.24. The fourth-order valence-electron chi connectivity index (χ4n) is 4.37. The summed E-state index contributed by atoms with van der Waals surface area (Å²) in [7, 11) is 0. The second-order valence-electron chi connectivity index (χ2n) is 8.03. The van der Waals surface area contributed by atoms with Crippen molar-refractivity contribution < 1.29 is 31.9 Å². The Balaban J connectivity index is 1.90. The molecule has 3 rings (SSSR count). The van der Waals surface area contributed by atoms with Gasteiger partial charge in [0.2, 0.25) is 5.91 Å². The number of fused-ring (bicyclic) bond motifs is 2. The number of benzene rings is 1. The van der Waals surface area contributed by atoms with Crippen LogP contribution in [0.2, 0.25) is 0 Å². The van der Waals surface area contributed by atoms with Crippen molar-refractivity contribution in [3.63, 3.8) is 0 Å². The van der Waals surface area contributed by atoms with E-state index in [0.29, 0.717) is 25.0 Å². The van der Waals surface area contributed by atoms with E-state index in [1.807, 2.05) is 13.8 Å². The topological polar surface area (TPSA) is 63.2 Å². The van der Waals surface area contributed by atoms with E-state index in [9.17, 15) is 31.9 Å². The number of halogens is 4. The highest BCUT2D eigenvalue weighted by molar-refractivity contribution is 6.25. The molecule has 2 saturated carbocycles. The lowest BCUT2D eigenvalue weighted by atomic mass is 9.55. The van der Waals surface area contributed by atoms with Crippen LogP contribution in [0.5, 0.6) is 0 Å². The normalized spacial score (nSPS) is 29.7. The predicted molar refractivity (Wildman–Crippen MR) is 88.1 cm³/mol. The molecular formula is C19H19F4NO3. The molecule has 8 heteroatoms. The summed E-state index contributed by atoms with van der Waals surface area (Å²) in [6, 6.07) is 1.99. The zero-order valence-electron chi connectivity index (χ0n) is 15.0. The Morgan fingerprint density at radius 3 is 2.41 bits per heavy atom. The van der Waals surface area contributed by atoms with Crippen LogP contribution in [0.15, 0.2) is 18.2 Å². The Morgan fingerprint density at radius 1 is 1.19 bits per heavy atom. The molecule has 2 bridgehead atoms. The molecular weight excluding hydrogens is 366 g/mol. The van der Waals surface area contributed by atoms with Crippen molar-refractivity contribution in [1.82, 2.24) is 0 Å². The van der Waals surface area contributed by atoms with E-state index in [1.165, 1.54) is 0 Å². The van der Waals surface area contributed by atoms with Crippen molar-refractivity contribution in [2.75, 3.05) is 5.32 Å². The summed E-state index contributed by atoms with van der Waals surface area (Å²) < 4.78 is 51.9. The quantitative estimate of drug-likeness (QED) is 0.618. The Hall–Kier alpha value is -2.25. The highest BCUT2D eigenvalue weighted by Crippen LogP contribution is 2.61. The molecule has 0 saturated heterocycles. The summed E-state index contributed by atoms with van der Waals surface area (Å²) in [5.74, 6) is -5.49. The Morgan fingerprint density at radius 2 is 1.81 bits per heavy atom. The smallest absolute Gasteiger partial charge is 0.325 e. The lowest BCUT2D eigenvalue weighted by molar-refractivity contribution is -0.156. The van der Waals surface area contributed by atoms with E-state index < -0.39 is 57.7 Å². The van der Waals surface area contributed by atoms with Crippen molar-refractivity contribution in [3.8, 4) is 0 Å². The molecule has 0 aromatic heterocycles. The first-order valence-electron chi connectivity index (χ1n) is 8.56. The van der Waals surface area contributed by atoms with Gasteiger partial charge >= 0.3 is 6.18 Å². The van der Waals surface area contributed by atoms with Crippen LogP contribution in [0.4, 0.5) is 23.2 Å². The van der Waals surface area contributed by atoms with E-state index in [-0.39, 0.29) is 5.69 Å². The molecule has 0 radical (unpaired) electrons. The molecule has 3 atom stereocenters. The van der Waals surface area contributed by atoms with Gasteiger partial charge in [-0.1, -0.05) is 20.8 Å². The standard InChI is InChI=1S/C19H19F4NO3/c1-17(2)10-6-7-18(17,3)15(26)13(14(10)25)16(27)24-9-4-5-12(20)11(8-9)19(21,22)23/h4-5,8,10,13H,6-7H2,1-3H3,(H,24,27). The maximum Gasteiger partial charge on any atom is 0.419 e. The molecule has 2 fully saturated rings. The van der Waals surface area contributed by atoms with Gasteiger partial charge in [-0.15, -0.1) is 0 Å². The minimum atomic E-state index is -4.93. The molecule has 1 amide bonds. The number of hydrogen-bond donors (Lipinski definition) is 1. The molecule has 1 aromatic rings. The molecule has 27 heavy (non-hydrogen) atoms. The Bertz CT molecular complexity index is 846. The predicted octanol–water partition coefficient (Wildman–Crippen LogP) is 3.99. The monoisotopic (exact) mass is 385 g/mol. The minimum absolute atomic E-state index is 0.323. The zero-order chi connectivity index (χ0) is 20.4. The van der Waals surface area contributed by atoms with Gasteiger partial charge in [-0.2, -0.15) is 13.2 Å². The maximum atomic E-state index is 13.4. The van der Waals surface area contributed by atoms with Crippen LogP contribution in [-0.2, 0) is 20.6 Å². The first-order chi connectivity index (χ1) is 12.3. The van der Waals surface area contributed by atoms with Gasteiger partial charge < -0.3 is 5.32 Å². The number of nitrogens with one attached hydrogen (secondary N) is 1. The van der Waals surface area contributed by atoms with Gasteiger partial charge in [-0.3, -0.25) is 14.4 Å². The average molecular weight is 385 g/mol. The number of Topliss-reactive ketones (excluding diaryl/α,β-unsaturated/α-hetero) is 2. The van der Waals surface area contributed by atoms with Crippen LogP contribution >= 0.6 is 0 Å². The molecule has 2 aliphatic rings. The molecule has 2 aliphatic carbocycles. The molecule has 1 aromatic carbocycles. The second-order valence-corrected chi connectivity index (χ2v) is 8.03. The minimum Gasteiger partial charge on any atom is -0.325 e. The summed E-state index contributed by atoms with van der Waals surface area (Å²) in [4.78, 5) is 38.2. The molecule has 146 valence electrons. The lowest BCUT2D eigenvalue weighted by Crippen LogP contribution is -2.56. The Labute approximate surface area is 153 Å². The van der Waals surface area contributed by atoms with E-state index in [0.717, 1.165) is 6.07 Å². The molecule has 0 spiro atoms. The van der Waals surface area contributed by atoms with Gasteiger partial charge in [0.1, 0.15) is 5.82 Å². The van der Waals surface area contributed by atoms with Crippen molar-refractivity contribution in [1.29, 1.82) is 0 Å². The van der Waals surface area contributed by atoms with Crippen molar-refractivity contribution >= 4 is 23.2 Å². The molecule has 4 nitrogen and oxygen atoms in total. The van der Waals surface area contributed by atoms with Crippen LogP contribution in [0, 0.1) is 28.5 Å². The molecule has 3 unspecified atom stereocenters. The van der Waals surface area contributed by atoms with Crippen molar-refractivity contribution in [2.45, 2.75) is 39.8 Å². The highest BCUT2D eigenvalue weighted by atomic mass is 19.4. The van der Waals surface area contributed by atoms with Crippen LogP contribution in [0.3, 0.4) is 0 Å². The number of amides is 1. The first kappa shape index (κ1) is 19.5. The third-order valence-corrected chi connectivity index (χ3v) is 6.46. The number of rotatable bonds is 2. The fourth-order valence-corrected chi connectivity index (χ4v) is 4.37. The van der Waals surface area contributed by atoms with Gasteiger partial charge in [0.05, 0.1) is 5.56 Å². The molecule has 0 aliphatic heterocycles. The van der Waals surface area contributed by atoms with Gasteiger partial charge in [-0.05, 0) is 36.5 Å². The molecule has 1 N–H and O–H groups in total. The zero-order valence-corrected chi connectivity index (χ0v) is 15.0. The number of carbonyl (C=O) groups is 3. The maximum absolute atomic E-state index is 13.4. The SMILES string of the molecule is CC12CCC(C(=O)C(C(=O)Nc3ccc(F)c(C(F)(F)F)c3)C1=O)C2(C)C. The molecule has 0 heterocycles. The first-order valence-corrected chi connectivity index (χ1v) is 8.56. The number of anilines is 1. The second kappa shape index (κ2) is 5.87. The number of ketones is 2. The van der Waals surface area contributed by atoms with Crippen LogP contribution in [-0.4, -0.2) is 17.5 Å². The van der Waals surface area contributed by atoms with Crippen LogP contribution in [0.25, 0.3) is 0 Å². The van der Waals surface area contributed by atoms with Crippen LogP contribution < -0.4 is 5.32 Å². The summed E-state index contributed by atoms with van der Waals surface area (Å²) in [5.41, 5.74) is -3.29. The number of hydrogen-bond acceptors (Lipinski definition) is 3. The van der Waals surface area contributed by atoms with Gasteiger partial charge in [0, 0.05) is 17.0 Å². The van der Waals surface area contributed by atoms with E-state index >= 15 is 0 Å². The fraction of sp³-hybridized carbons (Fsp3) is 0.526. The summed E-state index contributed by atoms with van der Waals surface area (Å²) in [6.45, 7) is 5.37. The van der Waals surface area contributed by atoms with Gasteiger partial charge in [0.25, 0.3) is 0 Å². The van der Waals surface area contributed by atoms with Gasteiger partial charge in [0.15, 0.2) is 17.5 Å².